The van der Waals surface area contributed by atoms with Gasteiger partial charge in [0.15, 0.2) is 6.10 Å². The van der Waals surface area contributed by atoms with Gasteiger partial charge in [-0.1, -0.05) is 24.3 Å². The van der Waals surface area contributed by atoms with Crippen LogP contribution >= 0.6 is 0 Å². The minimum absolute atomic E-state index is 0.0589. The minimum atomic E-state index is -3.07. The molecule has 5 rings (SSSR count). The highest BCUT2D eigenvalue weighted by molar-refractivity contribution is 6.05. The molecule has 0 radical (unpaired) electrons. The van der Waals surface area contributed by atoms with Crippen LogP contribution in [0.4, 0.5) is 8.78 Å². The number of piperidine rings is 1. The number of halogens is 2. The average molecular weight is 422 g/mol. The number of aryl methyl sites for hydroxylation is 1. The van der Waals surface area contributed by atoms with Gasteiger partial charge in [-0.25, -0.2) is 18.7 Å². The number of carbonyl (C=O) groups is 1. The van der Waals surface area contributed by atoms with Crippen molar-refractivity contribution in [2.24, 2.45) is 0 Å². The van der Waals surface area contributed by atoms with Crippen LogP contribution in [0.1, 0.15) is 22.6 Å². The summed E-state index contributed by atoms with van der Waals surface area (Å²) in [4.78, 5) is 26.4. The fourth-order valence-electron chi connectivity index (χ4n) is 3.93. The summed E-state index contributed by atoms with van der Waals surface area (Å²) in [5.41, 5.74) is 2.32. The Morgan fingerprint density at radius 3 is 2.84 bits per heavy atom. The molecule has 0 unspecified atom stereocenters. The summed E-state index contributed by atoms with van der Waals surface area (Å²) < 4.78 is 34.9. The van der Waals surface area contributed by atoms with Crippen molar-refractivity contribution < 1.29 is 18.3 Å². The van der Waals surface area contributed by atoms with Gasteiger partial charge in [-0.05, 0) is 31.2 Å². The molecule has 1 aliphatic heterocycles. The maximum atomic E-state index is 14.7. The van der Waals surface area contributed by atoms with Crippen molar-refractivity contribution in [3.8, 4) is 5.88 Å². The number of hydrogen-bond acceptors (Lipinski definition) is 4. The Kier molecular flexibility index (Phi) is 4.57. The van der Waals surface area contributed by atoms with Gasteiger partial charge in [-0.2, -0.15) is 0 Å². The van der Waals surface area contributed by atoms with Crippen molar-refractivity contribution in [2.45, 2.75) is 25.4 Å². The summed E-state index contributed by atoms with van der Waals surface area (Å²) >= 11 is 0. The smallest absolute Gasteiger partial charge is 0.287 e. The number of benzene rings is 2. The lowest BCUT2D eigenvalue weighted by atomic mass is 10.0. The molecule has 1 saturated heterocycles. The van der Waals surface area contributed by atoms with E-state index in [0.29, 0.717) is 22.4 Å². The third-order valence-electron chi connectivity index (χ3n) is 5.56. The van der Waals surface area contributed by atoms with Gasteiger partial charge in [0.25, 0.3) is 11.8 Å². The lowest BCUT2D eigenvalue weighted by Gasteiger charge is -2.38. The highest BCUT2D eigenvalue weighted by atomic mass is 19.3. The standard InChI is InChI=1S/C23H20F2N4O2/c1-14-26-18-8-4-6-16(21(18)27-14)22(30)29-12-11-23(24,25)19(13-29)31-20-10-9-15-5-2-3-7-17(15)28-20/h2-10,19H,11-13H2,1H3,(H,26,27)/t19-/m0/s1. The van der Waals surface area contributed by atoms with E-state index >= 15 is 0 Å². The number of nitrogens with zero attached hydrogens (tertiary/aromatic N) is 3. The number of ether oxygens (including phenoxy) is 1. The molecule has 2 aromatic heterocycles. The third-order valence-corrected chi connectivity index (χ3v) is 5.56. The number of fused-ring (bicyclic) bond motifs is 2. The SMILES string of the molecule is Cc1nc2c(C(=O)N3CCC(F)(F)[C@@H](Oc4ccc5ccccc5n4)C3)cccc2[nH]1. The van der Waals surface area contributed by atoms with E-state index in [9.17, 15) is 13.6 Å². The molecular formula is C23H20F2N4O2. The zero-order valence-electron chi connectivity index (χ0n) is 16.8. The normalized spacial score (nSPS) is 18.4. The Labute approximate surface area is 176 Å². The zero-order valence-corrected chi connectivity index (χ0v) is 16.8. The topological polar surface area (TPSA) is 71.1 Å². The summed E-state index contributed by atoms with van der Waals surface area (Å²) in [6, 6.07) is 16.0. The molecule has 0 saturated carbocycles. The summed E-state index contributed by atoms with van der Waals surface area (Å²) in [6.45, 7) is 1.51. The molecule has 6 nitrogen and oxygen atoms in total. The molecule has 1 atom stereocenters. The quantitative estimate of drug-likeness (QED) is 0.533. The zero-order chi connectivity index (χ0) is 21.6. The van der Waals surface area contributed by atoms with E-state index in [4.69, 9.17) is 4.74 Å². The Morgan fingerprint density at radius 2 is 1.97 bits per heavy atom. The number of alkyl halides is 2. The number of likely N-dealkylation sites (tertiary alicyclic amines) is 1. The Balaban J connectivity index is 1.41. The van der Waals surface area contributed by atoms with E-state index in [1.54, 1.807) is 37.3 Å². The van der Waals surface area contributed by atoms with Gasteiger partial charge in [-0.15, -0.1) is 0 Å². The number of hydrogen-bond donors (Lipinski definition) is 1. The second-order valence-electron chi connectivity index (χ2n) is 7.73. The number of para-hydroxylation sites is 2. The van der Waals surface area contributed by atoms with E-state index < -0.39 is 18.4 Å². The van der Waals surface area contributed by atoms with Crippen LogP contribution in [0.25, 0.3) is 21.9 Å². The van der Waals surface area contributed by atoms with Gasteiger partial charge in [0.2, 0.25) is 5.88 Å². The molecular weight excluding hydrogens is 402 g/mol. The lowest BCUT2D eigenvalue weighted by molar-refractivity contribution is -0.131. The lowest BCUT2D eigenvalue weighted by Crippen LogP contribution is -2.55. The number of carbonyl (C=O) groups excluding carboxylic acids is 1. The molecule has 0 aliphatic carbocycles. The molecule has 1 fully saturated rings. The molecule has 4 aromatic rings. The van der Waals surface area contributed by atoms with Crippen LogP contribution in [-0.4, -0.2) is 50.9 Å². The predicted octanol–water partition coefficient (Wildman–Crippen LogP) is 4.35. The monoisotopic (exact) mass is 422 g/mol. The first-order valence-electron chi connectivity index (χ1n) is 10.1. The van der Waals surface area contributed by atoms with Crippen molar-refractivity contribution >= 4 is 27.8 Å². The van der Waals surface area contributed by atoms with E-state index in [0.717, 1.165) is 10.9 Å². The molecule has 1 N–H and O–H groups in total. The summed E-state index contributed by atoms with van der Waals surface area (Å²) in [5.74, 6) is -2.61. The van der Waals surface area contributed by atoms with Gasteiger partial charge in [0.05, 0.1) is 23.1 Å². The summed E-state index contributed by atoms with van der Waals surface area (Å²) in [7, 11) is 0. The van der Waals surface area contributed by atoms with E-state index in [-0.39, 0.29) is 24.9 Å². The molecule has 0 spiro atoms. The number of aromatic amines is 1. The maximum Gasteiger partial charge on any atom is 0.287 e. The molecule has 8 heteroatoms. The number of rotatable bonds is 3. The van der Waals surface area contributed by atoms with Gasteiger partial charge < -0.3 is 14.6 Å². The van der Waals surface area contributed by atoms with Gasteiger partial charge in [-0.3, -0.25) is 4.79 Å². The van der Waals surface area contributed by atoms with Crippen LogP contribution in [0.2, 0.25) is 0 Å². The number of H-pyrrole nitrogens is 1. The molecule has 3 heterocycles. The Morgan fingerprint density at radius 1 is 1.13 bits per heavy atom. The highest BCUT2D eigenvalue weighted by Crippen LogP contribution is 2.33. The number of pyridine rings is 1. The molecule has 1 amide bonds. The molecule has 31 heavy (non-hydrogen) atoms. The van der Waals surface area contributed by atoms with Gasteiger partial charge in [0, 0.05) is 24.4 Å². The van der Waals surface area contributed by atoms with Crippen LogP contribution in [0.3, 0.4) is 0 Å². The van der Waals surface area contributed by atoms with Gasteiger partial charge >= 0.3 is 0 Å². The van der Waals surface area contributed by atoms with E-state index in [1.807, 2.05) is 24.3 Å². The summed E-state index contributed by atoms with van der Waals surface area (Å²) in [6.07, 6.45) is -1.97. The van der Waals surface area contributed by atoms with Crippen molar-refractivity contribution in [2.75, 3.05) is 13.1 Å². The third kappa shape index (κ3) is 3.58. The van der Waals surface area contributed by atoms with Crippen molar-refractivity contribution in [1.82, 2.24) is 19.9 Å². The second-order valence-corrected chi connectivity index (χ2v) is 7.73. The highest BCUT2D eigenvalue weighted by Gasteiger charge is 2.47. The second kappa shape index (κ2) is 7.30. The van der Waals surface area contributed by atoms with Crippen LogP contribution < -0.4 is 4.74 Å². The number of amides is 1. The fourth-order valence-corrected chi connectivity index (χ4v) is 3.93. The van der Waals surface area contributed by atoms with Crippen molar-refractivity contribution in [1.29, 1.82) is 0 Å². The van der Waals surface area contributed by atoms with E-state index in [2.05, 4.69) is 15.0 Å². The maximum absolute atomic E-state index is 14.7. The Bertz CT molecular complexity index is 1290. The predicted molar refractivity (Wildman–Crippen MR) is 112 cm³/mol. The van der Waals surface area contributed by atoms with Crippen LogP contribution in [-0.2, 0) is 0 Å². The number of aromatic nitrogens is 3. The minimum Gasteiger partial charge on any atom is -0.466 e. The first-order valence-corrected chi connectivity index (χ1v) is 10.1. The van der Waals surface area contributed by atoms with Gasteiger partial charge in [0.1, 0.15) is 11.3 Å². The molecule has 0 bridgehead atoms. The molecule has 2 aromatic carbocycles. The molecule has 158 valence electrons. The average Bonchev–Trinajstić information content (AvgIpc) is 3.15. The van der Waals surface area contributed by atoms with Crippen LogP contribution in [0, 0.1) is 6.92 Å². The largest absolute Gasteiger partial charge is 0.466 e. The van der Waals surface area contributed by atoms with E-state index in [1.165, 1.54) is 4.90 Å². The Hall–Kier alpha value is -3.55. The van der Waals surface area contributed by atoms with Crippen LogP contribution in [0.15, 0.2) is 54.6 Å². The first-order chi connectivity index (χ1) is 14.9. The number of nitrogens with one attached hydrogen (secondary N) is 1. The first kappa shape index (κ1) is 19.4. The fraction of sp³-hybridized carbons (Fsp3) is 0.261. The van der Waals surface area contributed by atoms with Crippen molar-refractivity contribution in [3.05, 3.63) is 66.0 Å². The summed E-state index contributed by atoms with van der Waals surface area (Å²) in [5, 5.41) is 0.893. The molecule has 1 aliphatic rings. The number of imidazole rings is 1. The van der Waals surface area contributed by atoms with Crippen LogP contribution in [0.5, 0.6) is 5.88 Å². The van der Waals surface area contributed by atoms with Crippen molar-refractivity contribution in [3.63, 3.8) is 0 Å².